The van der Waals surface area contributed by atoms with Gasteiger partial charge in [0.2, 0.25) is 5.95 Å². The molecule has 0 saturated heterocycles. The molecule has 0 spiro atoms. The lowest BCUT2D eigenvalue weighted by molar-refractivity contribution is 0.827. The Morgan fingerprint density at radius 1 is 0.880 bits per heavy atom. The number of nitrogens with zero attached hydrogens (tertiary/aromatic N) is 3. The second-order valence-corrected chi connectivity index (χ2v) is 6.16. The summed E-state index contributed by atoms with van der Waals surface area (Å²) in [6.07, 6.45) is 1.77. The maximum Gasteiger partial charge on any atom is 0.230 e. The van der Waals surface area contributed by atoms with Gasteiger partial charge in [-0.1, -0.05) is 72.3 Å². The zero-order valence-corrected chi connectivity index (χ0v) is 14.3. The molecule has 25 heavy (non-hydrogen) atoms. The first-order valence-corrected chi connectivity index (χ1v) is 8.47. The van der Waals surface area contributed by atoms with Crippen LogP contribution in [-0.4, -0.2) is 15.8 Å². The Balaban J connectivity index is 1.78. The van der Waals surface area contributed by atoms with Crippen LogP contribution >= 0.6 is 11.6 Å². The number of hydrogen-bond donors (Lipinski definition) is 0. The molecule has 1 aromatic heterocycles. The third kappa shape index (κ3) is 3.32. The summed E-state index contributed by atoms with van der Waals surface area (Å²) in [5.74, 6) is 0.671. The minimum Gasteiger partial charge on any atom is -0.304 e. The maximum atomic E-state index is 6.22. The van der Waals surface area contributed by atoms with Gasteiger partial charge in [-0.05, 0) is 23.8 Å². The first kappa shape index (κ1) is 15.6. The van der Waals surface area contributed by atoms with Crippen LogP contribution in [0.25, 0.3) is 11.0 Å². The summed E-state index contributed by atoms with van der Waals surface area (Å²) in [4.78, 5) is 9.29. The SMILES string of the molecule is Clc1ccccc1/C=N/c1nc2ccccc2n1Cc1ccccc1. The quantitative estimate of drug-likeness (QED) is 0.450. The fraction of sp³-hybridized carbons (Fsp3) is 0.0476. The minimum absolute atomic E-state index is 0.671. The third-order valence-electron chi connectivity index (χ3n) is 4.04. The Kier molecular flexibility index (Phi) is 4.32. The van der Waals surface area contributed by atoms with Crippen molar-refractivity contribution in [2.24, 2.45) is 4.99 Å². The molecule has 0 atom stereocenters. The van der Waals surface area contributed by atoms with Gasteiger partial charge >= 0.3 is 0 Å². The van der Waals surface area contributed by atoms with Gasteiger partial charge in [-0.2, -0.15) is 0 Å². The summed E-state index contributed by atoms with van der Waals surface area (Å²) in [5.41, 5.74) is 4.09. The van der Waals surface area contributed by atoms with Gasteiger partial charge in [0.15, 0.2) is 0 Å². The molecule has 0 N–H and O–H groups in total. The van der Waals surface area contributed by atoms with Gasteiger partial charge in [-0.25, -0.2) is 9.98 Å². The Hall–Kier alpha value is -2.91. The molecule has 0 saturated carbocycles. The molecule has 4 rings (SSSR count). The summed E-state index contributed by atoms with van der Waals surface area (Å²) in [6, 6.07) is 26.1. The van der Waals surface area contributed by atoms with E-state index in [9.17, 15) is 0 Å². The molecule has 0 fully saturated rings. The van der Waals surface area contributed by atoms with Crippen LogP contribution in [0.4, 0.5) is 5.95 Å². The molecule has 0 radical (unpaired) electrons. The number of aliphatic imine (C=N–C) groups is 1. The van der Waals surface area contributed by atoms with E-state index in [1.807, 2.05) is 60.7 Å². The summed E-state index contributed by atoms with van der Waals surface area (Å²) in [6.45, 7) is 0.719. The van der Waals surface area contributed by atoms with Crippen LogP contribution in [0.3, 0.4) is 0 Å². The average Bonchev–Trinajstić information content (AvgIpc) is 3.00. The second kappa shape index (κ2) is 6.91. The van der Waals surface area contributed by atoms with Crippen molar-refractivity contribution in [2.75, 3.05) is 0 Å². The van der Waals surface area contributed by atoms with E-state index in [1.54, 1.807) is 6.21 Å². The van der Waals surface area contributed by atoms with Crippen LogP contribution in [0.1, 0.15) is 11.1 Å². The number of rotatable bonds is 4. The van der Waals surface area contributed by atoms with E-state index in [0.717, 1.165) is 23.1 Å². The summed E-state index contributed by atoms with van der Waals surface area (Å²) >= 11 is 6.22. The number of hydrogen-bond acceptors (Lipinski definition) is 2. The first-order chi connectivity index (χ1) is 12.3. The number of halogens is 1. The zero-order valence-electron chi connectivity index (χ0n) is 13.5. The van der Waals surface area contributed by atoms with Crippen LogP contribution in [-0.2, 0) is 6.54 Å². The molecular formula is C21H16ClN3. The van der Waals surface area contributed by atoms with Crippen LogP contribution < -0.4 is 0 Å². The van der Waals surface area contributed by atoms with Crippen LogP contribution in [0, 0.1) is 0 Å². The number of para-hydroxylation sites is 2. The topological polar surface area (TPSA) is 30.2 Å². The van der Waals surface area contributed by atoms with Gasteiger partial charge in [0.25, 0.3) is 0 Å². The highest BCUT2D eigenvalue weighted by molar-refractivity contribution is 6.33. The molecule has 0 aliphatic rings. The molecule has 0 bridgehead atoms. The van der Waals surface area contributed by atoms with Crippen molar-refractivity contribution in [3.05, 3.63) is 95.0 Å². The molecular weight excluding hydrogens is 330 g/mol. The molecule has 0 aliphatic heterocycles. The van der Waals surface area contributed by atoms with Crippen LogP contribution in [0.2, 0.25) is 5.02 Å². The zero-order chi connectivity index (χ0) is 17.1. The molecule has 3 aromatic carbocycles. The van der Waals surface area contributed by atoms with Crippen molar-refractivity contribution >= 4 is 34.8 Å². The monoisotopic (exact) mass is 345 g/mol. The average molecular weight is 346 g/mol. The molecule has 1 heterocycles. The van der Waals surface area contributed by atoms with Gasteiger partial charge in [0.1, 0.15) is 0 Å². The summed E-state index contributed by atoms with van der Waals surface area (Å²) in [5, 5.41) is 0.678. The maximum absolute atomic E-state index is 6.22. The van der Waals surface area contributed by atoms with E-state index >= 15 is 0 Å². The Morgan fingerprint density at radius 3 is 2.44 bits per heavy atom. The van der Waals surface area contributed by atoms with Gasteiger partial charge in [0, 0.05) is 16.8 Å². The molecule has 4 heteroatoms. The van der Waals surface area contributed by atoms with Crippen molar-refractivity contribution in [1.29, 1.82) is 0 Å². The highest BCUT2D eigenvalue weighted by atomic mass is 35.5. The van der Waals surface area contributed by atoms with Gasteiger partial charge in [0.05, 0.1) is 17.6 Å². The second-order valence-electron chi connectivity index (χ2n) is 5.75. The van der Waals surface area contributed by atoms with Crippen molar-refractivity contribution in [1.82, 2.24) is 9.55 Å². The van der Waals surface area contributed by atoms with E-state index in [2.05, 4.69) is 32.7 Å². The van der Waals surface area contributed by atoms with E-state index in [1.165, 1.54) is 5.56 Å². The molecule has 4 aromatic rings. The lowest BCUT2D eigenvalue weighted by Crippen LogP contribution is -1.99. The van der Waals surface area contributed by atoms with Crippen LogP contribution in [0.15, 0.2) is 83.9 Å². The molecule has 122 valence electrons. The van der Waals surface area contributed by atoms with E-state index in [-0.39, 0.29) is 0 Å². The molecule has 0 unspecified atom stereocenters. The smallest absolute Gasteiger partial charge is 0.230 e. The minimum atomic E-state index is 0.671. The fourth-order valence-corrected chi connectivity index (χ4v) is 2.97. The number of fused-ring (bicyclic) bond motifs is 1. The fourth-order valence-electron chi connectivity index (χ4n) is 2.79. The molecule has 0 aliphatic carbocycles. The van der Waals surface area contributed by atoms with Crippen molar-refractivity contribution < 1.29 is 0 Å². The van der Waals surface area contributed by atoms with Gasteiger partial charge in [-0.15, -0.1) is 0 Å². The highest BCUT2D eigenvalue weighted by Gasteiger charge is 2.10. The van der Waals surface area contributed by atoms with Gasteiger partial charge < -0.3 is 4.57 Å². The van der Waals surface area contributed by atoms with Crippen molar-refractivity contribution in [2.45, 2.75) is 6.54 Å². The van der Waals surface area contributed by atoms with Crippen LogP contribution in [0.5, 0.6) is 0 Å². The van der Waals surface area contributed by atoms with E-state index < -0.39 is 0 Å². The third-order valence-corrected chi connectivity index (χ3v) is 4.39. The Morgan fingerprint density at radius 2 is 1.60 bits per heavy atom. The largest absolute Gasteiger partial charge is 0.304 e. The predicted molar refractivity (Wildman–Crippen MR) is 104 cm³/mol. The number of imidazole rings is 1. The van der Waals surface area contributed by atoms with Crippen molar-refractivity contribution in [3.8, 4) is 0 Å². The Bertz CT molecular complexity index is 1040. The molecule has 3 nitrogen and oxygen atoms in total. The van der Waals surface area contributed by atoms with Gasteiger partial charge in [-0.3, -0.25) is 0 Å². The first-order valence-electron chi connectivity index (χ1n) is 8.09. The van der Waals surface area contributed by atoms with Crippen molar-refractivity contribution in [3.63, 3.8) is 0 Å². The molecule has 0 amide bonds. The summed E-state index contributed by atoms with van der Waals surface area (Å²) < 4.78 is 2.12. The normalized spacial score (nSPS) is 11.4. The predicted octanol–water partition coefficient (Wildman–Crippen LogP) is 5.49. The summed E-state index contributed by atoms with van der Waals surface area (Å²) in [7, 11) is 0. The van der Waals surface area contributed by atoms with E-state index in [0.29, 0.717) is 11.0 Å². The Labute approximate surface area is 151 Å². The standard InChI is InChI=1S/C21H16ClN3/c22-18-11-5-4-10-17(18)14-23-21-24-19-12-6-7-13-20(19)25(21)15-16-8-2-1-3-9-16/h1-14H,15H2/b23-14+. The lowest BCUT2D eigenvalue weighted by Gasteiger charge is -2.06. The number of benzene rings is 3. The lowest BCUT2D eigenvalue weighted by atomic mass is 10.2. The highest BCUT2D eigenvalue weighted by Crippen LogP contribution is 2.23. The number of aromatic nitrogens is 2. The van der Waals surface area contributed by atoms with E-state index in [4.69, 9.17) is 11.6 Å².